The van der Waals surface area contributed by atoms with E-state index in [-0.39, 0.29) is 0 Å². The Morgan fingerprint density at radius 2 is 2.00 bits per heavy atom. The quantitative estimate of drug-likeness (QED) is 0.635. The van der Waals surface area contributed by atoms with Crippen LogP contribution in [0.4, 0.5) is 0 Å². The van der Waals surface area contributed by atoms with Gasteiger partial charge in [-0.25, -0.2) is 0 Å². The van der Waals surface area contributed by atoms with E-state index in [0.29, 0.717) is 0 Å². The number of hydrogen-bond acceptors (Lipinski definition) is 3. The lowest BCUT2D eigenvalue weighted by atomic mass is 10.2. The highest BCUT2D eigenvalue weighted by molar-refractivity contribution is 5.44. The molecule has 64 valence electrons. The van der Waals surface area contributed by atoms with Crippen molar-refractivity contribution in [3.05, 3.63) is 23.8 Å². The van der Waals surface area contributed by atoms with Gasteiger partial charge in [0.1, 0.15) is 0 Å². The lowest BCUT2D eigenvalue weighted by Crippen LogP contribution is -2.19. The summed E-state index contributed by atoms with van der Waals surface area (Å²) < 4.78 is 15.4. The Morgan fingerprint density at radius 3 is 2.75 bits per heavy atom. The minimum atomic E-state index is -0.582. The molecule has 1 heterocycles. The fraction of sp³-hybridized carbons (Fsp3) is 0.333. The Kier molecular flexibility index (Phi) is 1.66. The smallest absolute Gasteiger partial charge is 0.360 e. The predicted molar refractivity (Wildman–Crippen MR) is 43.2 cm³/mol. The summed E-state index contributed by atoms with van der Waals surface area (Å²) in [6.07, 6.45) is 0. The molecule has 1 aliphatic rings. The number of ether oxygens (including phenoxy) is 3. The number of methoxy groups -OCH3 is 1. The SMILES string of the molecule is COC1Oc2ccc(C)cc2O1. The number of fused-ring (bicyclic) bond motifs is 1. The molecule has 1 aliphatic heterocycles. The van der Waals surface area contributed by atoms with E-state index in [1.807, 2.05) is 25.1 Å². The van der Waals surface area contributed by atoms with Crippen molar-refractivity contribution in [3.8, 4) is 11.5 Å². The van der Waals surface area contributed by atoms with Crippen LogP contribution >= 0.6 is 0 Å². The first-order valence-electron chi connectivity index (χ1n) is 3.76. The van der Waals surface area contributed by atoms with E-state index < -0.39 is 6.48 Å². The van der Waals surface area contributed by atoms with Crippen molar-refractivity contribution in [1.82, 2.24) is 0 Å². The molecule has 12 heavy (non-hydrogen) atoms. The molecule has 0 saturated heterocycles. The van der Waals surface area contributed by atoms with Crippen LogP contribution in [0, 0.1) is 6.92 Å². The van der Waals surface area contributed by atoms with Crippen LogP contribution < -0.4 is 9.47 Å². The average molecular weight is 166 g/mol. The molecule has 1 aromatic carbocycles. The van der Waals surface area contributed by atoms with E-state index in [1.165, 1.54) is 0 Å². The van der Waals surface area contributed by atoms with Crippen LogP contribution in [0.2, 0.25) is 0 Å². The van der Waals surface area contributed by atoms with Gasteiger partial charge in [0.05, 0.1) is 0 Å². The molecule has 3 nitrogen and oxygen atoms in total. The summed E-state index contributed by atoms with van der Waals surface area (Å²) in [7, 11) is 1.55. The summed E-state index contributed by atoms with van der Waals surface area (Å²) in [5.41, 5.74) is 1.15. The second kappa shape index (κ2) is 2.68. The highest BCUT2D eigenvalue weighted by Gasteiger charge is 2.23. The molecule has 1 unspecified atom stereocenters. The minimum Gasteiger partial charge on any atom is -0.428 e. The van der Waals surface area contributed by atoms with Crippen molar-refractivity contribution in [2.45, 2.75) is 13.4 Å². The number of hydrogen-bond donors (Lipinski definition) is 0. The maximum Gasteiger partial charge on any atom is 0.360 e. The maximum absolute atomic E-state index is 5.29. The van der Waals surface area contributed by atoms with E-state index in [0.717, 1.165) is 17.1 Å². The number of rotatable bonds is 1. The molecule has 0 radical (unpaired) electrons. The topological polar surface area (TPSA) is 27.7 Å². The summed E-state index contributed by atoms with van der Waals surface area (Å²) in [6.45, 7) is 1.42. The molecule has 0 saturated carbocycles. The second-order valence-corrected chi connectivity index (χ2v) is 2.71. The zero-order valence-corrected chi connectivity index (χ0v) is 7.03. The van der Waals surface area contributed by atoms with Gasteiger partial charge in [-0.15, -0.1) is 0 Å². The van der Waals surface area contributed by atoms with Crippen LogP contribution in [0.15, 0.2) is 18.2 Å². The van der Waals surface area contributed by atoms with E-state index in [2.05, 4.69) is 0 Å². The molecule has 0 N–H and O–H groups in total. The molecule has 0 fully saturated rings. The zero-order valence-electron chi connectivity index (χ0n) is 7.03. The van der Waals surface area contributed by atoms with Gasteiger partial charge < -0.3 is 14.2 Å². The van der Waals surface area contributed by atoms with Crippen molar-refractivity contribution < 1.29 is 14.2 Å². The Hall–Kier alpha value is -1.22. The first-order chi connectivity index (χ1) is 5.79. The third-order valence-corrected chi connectivity index (χ3v) is 1.74. The van der Waals surface area contributed by atoms with Gasteiger partial charge >= 0.3 is 6.48 Å². The van der Waals surface area contributed by atoms with Crippen LogP contribution in [-0.4, -0.2) is 13.6 Å². The first kappa shape index (κ1) is 7.43. The van der Waals surface area contributed by atoms with Gasteiger partial charge in [-0.3, -0.25) is 0 Å². The van der Waals surface area contributed by atoms with Crippen molar-refractivity contribution in [2.75, 3.05) is 7.11 Å². The van der Waals surface area contributed by atoms with Crippen molar-refractivity contribution in [1.29, 1.82) is 0 Å². The van der Waals surface area contributed by atoms with Gasteiger partial charge in [-0.05, 0) is 24.6 Å². The third-order valence-electron chi connectivity index (χ3n) is 1.74. The predicted octanol–water partition coefficient (Wildman–Crippen LogP) is 1.70. The fourth-order valence-corrected chi connectivity index (χ4v) is 1.13. The first-order valence-corrected chi connectivity index (χ1v) is 3.76. The Labute approximate surface area is 70.9 Å². The van der Waals surface area contributed by atoms with Gasteiger partial charge in [0.15, 0.2) is 11.5 Å². The van der Waals surface area contributed by atoms with Crippen LogP contribution in [0.1, 0.15) is 5.56 Å². The van der Waals surface area contributed by atoms with Crippen LogP contribution in [0.5, 0.6) is 11.5 Å². The summed E-state index contributed by atoms with van der Waals surface area (Å²) >= 11 is 0. The Balaban J connectivity index is 2.30. The summed E-state index contributed by atoms with van der Waals surface area (Å²) in [6, 6.07) is 5.78. The Morgan fingerprint density at radius 1 is 1.25 bits per heavy atom. The molecular formula is C9H10O3. The van der Waals surface area contributed by atoms with E-state index in [4.69, 9.17) is 14.2 Å². The molecule has 0 aromatic heterocycles. The van der Waals surface area contributed by atoms with Crippen molar-refractivity contribution in [2.24, 2.45) is 0 Å². The molecule has 0 spiro atoms. The average Bonchev–Trinajstić information content (AvgIpc) is 2.46. The largest absolute Gasteiger partial charge is 0.428 e. The molecule has 3 heteroatoms. The maximum atomic E-state index is 5.29. The molecule has 1 aromatic rings. The highest BCUT2D eigenvalue weighted by Crippen LogP contribution is 2.35. The number of aryl methyl sites for hydroxylation is 1. The van der Waals surface area contributed by atoms with Gasteiger partial charge in [0.25, 0.3) is 0 Å². The van der Waals surface area contributed by atoms with E-state index in [1.54, 1.807) is 7.11 Å². The van der Waals surface area contributed by atoms with Gasteiger partial charge in [0.2, 0.25) is 0 Å². The summed E-state index contributed by atoms with van der Waals surface area (Å²) in [5, 5.41) is 0. The number of benzene rings is 1. The van der Waals surface area contributed by atoms with Crippen LogP contribution in [-0.2, 0) is 4.74 Å². The molecular weight excluding hydrogens is 156 g/mol. The normalized spacial score (nSPS) is 19.7. The summed E-state index contributed by atoms with van der Waals surface area (Å²) in [4.78, 5) is 0. The standard InChI is InChI=1S/C9H10O3/c1-6-3-4-7-8(5-6)12-9(10-2)11-7/h3-5,9H,1-2H3. The van der Waals surface area contributed by atoms with Crippen molar-refractivity contribution in [3.63, 3.8) is 0 Å². The second-order valence-electron chi connectivity index (χ2n) is 2.71. The monoisotopic (exact) mass is 166 g/mol. The van der Waals surface area contributed by atoms with Gasteiger partial charge in [0, 0.05) is 7.11 Å². The van der Waals surface area contributed by atoms with Crippen molar-refractivity contribution >= 4 is 0 Å². The Bertz CT molecular complexity index is 296. The van der Waals surface area contributed by atoms with Gasteiger partial charge in [-0.2, -0.15) is 0 Å². The third kappa shape index (κ3) is 1.12. The molecule has 0 amide bonds. The molecule has 2 rings (SSSR count). The highest BCUT2D eigenvalue weighted by atomic mass is 16.9. The van der Waals surface area contributed by atoms with E-state index >= 15 is 0 Å². The zero-order chi connectivity index (χ0) is 8.55. The van der Waals surface area contributed by atoms with Gasteiger partial charge in [-0.1, -0.05) is 6.07 Å². The lowest BCUT2D eigenvalue weighted by molar-refractivity contribution is -0.157. The van der Waals surface area contributed by atoms with Crippen LogP contribution in [0.3, 0.4) is 0 Å². The van der Waals surface area contributed by atoms with E-state index in [9.17, 15) is 0 Å². The molecule has 0 bridgehead atoms. The molecule has 0 aliphatic carbocycles. The minimum absolute atomic E-state index is 0.582. The molecule has 1 atom stereocenters. The van der Waals surface area contributed by atoms with Crippen LogP contribution in [0.25, 0.3) is 0 Å². The lowest BCUT2D eigenvalue weighted by Gasteiger charge is -2.05. The fourth-order valence-electron chi connectivity index (χ4n) is 1.13. The summed E-state index contributed by atoms with van der Waals surface area (Å²) in [5.74, 6) is 1.49.